The van der Waals surface area contributed by atoms with Gasteiger partial charge in [0, 0.05) is 23.6 Å². The molecule has 16 heavy (non-hydrogen) atoms. The quantitative estimate of drug-likeness (QED) is 0.702. The molecule has 0 amide bonds. The van der Waals surface area contributed by atoms with E-state index < -0.39 is 0 Å². The second kappa shape index (κ2) is 5.01. The summed E-state index contributed by atoms with van der Waals surface area (Å²) in [4.78, 5) is 3.22. The van der Waals surface area contributed by atoms with Gasteiger partial charge in [0.2, 0.25) is 0 Å². The first-order valence-electron chi connectivity index (χ1n) is 5.48. The molecular weight excluding hydrogens is 202 g/mol. The standard InChI is InChI=1S/C12H17N3O/c13-4-3-9-8-15-12-2-1-10(7-11(9)12)16-6-5-14/h1-2,7-8,15H,3-6,13-14H2. The van der Waals surface area contributed by atoms with E-state index in [-0.39, 0.29) is 0 Å². The Morgan fingerprint density at radius 3 is 2.81 bits per heavy atom. The van der Waals surface area contributed by atoms with Crippen molar-refractivity contribution in [3.05, 3.63) is 30.0 Å². The predicted octanol–water partition coefficient (Wildman–Crippen LogP) is 1.01. The van der Waals surface area contributed by atoms with Crippen molar-refractivity contribution in [2.24, 2.45) is 11.5 Å². The van der Waals surface area contributed by atoms with Crippen LogP contribution < -0.4 is 16.2 Å². The van der Waals surface area contributed by atoms with Crippen LogP contribution in [0.1, 0.15) is 5.56 Å². The van der Waals surface area contributed by atoms with Crippen molar-refractivity contribution in [1.82, 2.24) is 4.98 Å². The van der Waals surface area contributed by atoms with E-state index in [0.29, 0.717) is 19.7 Å². The average molecular weight is 219 g/mol. The fraction of sp³-hybridized carbons (Fsp3) is 0.333. The van der Waals surface area contributed by atoms with E-state index in [2.05, 4.69) is 4.98 Å². The van der Waals surface area contributed by atoms with Gasteiger partial charge in [-0.1, -0.05) is 0 Å². The van der Waals surface area contributed by atoms with Crippen LogP contribution in [0.25, 0.3) is 10.9 Å². The van der Waals surface area contributed by atoms with Gasteiger partial charge in [-0.2, -0.15) is 0 Å². The molecular formula is C12H17N3O. The molecule has 1 aromatic carbocycles. The third kappa shape index (κ3) is 2.18. The molecule has 0 saturated heterocycles. The molecule has 0 radical (unpaired) electrons. The SMILES string of the molecule is NCCOc1ccc2[nH]cc(CCN)c2c1. The maximum Gasteiger partial charge on any atom is 0.120 e. The van der Waals surface area contributed by atoms with Gasteiger partial charge in [0.25, 0.3) is 0 Å². The molecule has 5 N–H and O–H groups in total. The summed E-state index contributed by atoms with van der Waals surface area (Å²) in [6, 6.07) is 5.99. The second-order valence-electron chi connectivity index (χ2n) is 3.70. The third-order valence-corrected chi connectivity index (χ3v) is 2.54. The number of hydrogen-bond donors (Lipinski definition) is 3. The van der Waals surface area contributed by atoms with Crippen LogP contribution in [0, 0.1) is 0 Å². The van der Waals surface area contributed by atoms with Gasteiger partial charge in [-0.3, -0.25) is 0 Å². The maximum atomic E-state index is 5.57. The Morgan fingerprint density at radius 1 is 1.19 bits per heavy atom. The van der Waals surface area contributed by atoms with E-state index in [0.717, 1.165) is 17.7 Å². The number of hydrogen-bond acceptors (Lipinski definition) is 3. The minimum atomic E-state index is 0.529. The highest BCUT2D eigenvalue weighted by Gasteiger charge is 2.04. The van der Waals surface area contributed by atoms with Gasteiger partial charge in [0.1, 0.15) is 12.4 Å². The first-order valence-corrected chi connectivity index (χ1v) is 5.48. The molecule has 0 fully saturated rings. The number of H-pyrrole nitrogens is 1. The molecule has 2 aromatic rings. The number of aromatic nitrogens is 1. The Labute approximate surface area is 94.6 Å². The smallest absolute Gasteiger partial charge is 0.120 e. The Bertz CT molecular complexity index is 464. The number of fused-ring (bicyclic) bond motifs is 1. The molecule has 0 bridgehead atoms. The Hall–Kier alpha value is -1.52. The van der Waals surface area contributed by atoms with E-state index in [4.69, 9.17) is 16.2 Å². The summed E-state index contributed by atoms with van der Waals surface area (Å²) >= 11 is 0. The zero-order chi connectivity index (χ0) is 11.4. The van der Waals surface area contributed by atoms with E-state index in [1.54, 1.807) is 0 Å². The Balaban J connectivity index is 2.30. The predicted molar refractivity (Wildman–Crippen MR) is 65.6 cm³/mol. The lowest BCUT2D eigenvalue weighted by Gasteiger charge is -2.04. The zero-order valence-electron chi connectivity index (χ0n) is 9.20. The lowest BCUT2D eigenvalue weighted by Crippen LogP contribution is -2.10. The van der Waals surface area contributed by atoms with E-state index >= 15 is 0 Å². The minimum absolute atomic E-state index is 0.529. The number of ether oxygens (including phenoxy) is 1. The van der Waals surface area contributed by atoms with Crippen molar-refractivity contribution in [2.45, 2.75) is 6.42 Å². The van der Waals surface area contributed by atoms with Gasteiger partial charge in [-0.25, -0.2) is 0 Å². The number of aromatic amines is 1. The van der Waals surface area contributed by atoms with Crippen molar-refractivity contribution >= 4 is 10.9 Å². The van der Waals surface area contributed by atoms with E-state index in [9.17, 15) is 0 Å². The van der Waals surface area contributed by atoms with Crippen LogP contribution in [0.4, 0.5) is 0 Å². The fourth-order valence-corrected chi connectivity index (χ4v) is 1.79. The summed E-state index contributed by atoms with van der Waals surface area (Å²) in [6.45, 7) is 1.73. The summed E-state index contributed by atoms with van der Waals surface area (Å²) in [5, 5.41) is 1.18. The highest BCUT2D eigenvalue weighted by molar-refractivity contribution is 5.84. The molecule has 86 valence electrons. The van der Waals surface area contributed by atoms with Gasteiger partial charge >= 0.3 is 0 Å². The normalized spacial score (nSPS) is 10.9. The summed E-state index contributed by atoms with van der Waals surface area (Å²) in [5.41, 5.74) is 13.3. The number of nitrogens with one attached hydrogen (secondary N) is 1. The highest BCUT2D eigenvalue weighted by Crippen LogP contribution is 2.23. The van der Waals surface area contributed by atoms with Crippen LogP contribution in [0.2, 0.25) is 0 Å². The molecule has 0 unspecified atom stereocenters. The number of benzene rings is 1. The van der Waals surface area contributed by atoms with Gasteiger partial charge in [-0.05, 0) is 36.7 Å². The van der Waals surface area contributed by atoms with E-state index in [1.165, 1.54) is 10.9 Å². The minimum Gasteiger partial charge on any atom is -0.492 e. The van der Waals surface area contributed by atoms with Crippen molar-refractivity contribution < 1.29 is 4.74 Å². The molecule has 0 spiro atoms. The highest BCUT2D eigenvalue weighted by atomic mass is 16.5. The second-order valence-corrected chi connectivity index (χ2v) is 3.70. The third-order valence-electron chi connectivity index (χ3n) is 2.54. The van der Waals surface area contributed by atoms with Crippen molar-refractivity contribution in [2.75, 3.05) is 19.7 Å². The summed E-state index contributed by atoms with van der Waals surface area (Å²) in [6.07, 6.45) is 2.88. The summed E-state index contributed by atoms with van der Waals surface area (Å²) in [7, 11) is 0. The van der Waals surface area contributed by atoms with Crippen molar-refractivity contribution in [1.29, 1.82) is 0 Å². The van der Waals surface area contributed by atoms with Gasteiger partial charge in [0.15, 0.2) is 0 Å². The number of rotatable bonds is 5. The van der Waals surface area contributed by atoms with Crippen LogP contribution in [0.15, 0.2) is 24.4 Å². The molecule has 0 aliphatic carbocycles. The molecule has 2 rings (SSSR count). The first kappa shape index (κ1) is 11.0. The fourth-order valence-electron chi connectivity index (χ4n) is 1.79. The Morgan fingerprint density at radius 2 is 2.06 bits per heavy atom. The molecule has 1 heterocycles. The molecule has 0 aliphatic heterocycles. The first-order chi connectivity index (χ1) is 7.85. The molecule has 0 saturated carbocycles. The van der Waals surface area contributed by atoms with Crippen molar-refractivity contribution in [3.8, 4) is 5.75 Å². The average Bonchev–Trinajstić information content (AvgIpc) is 2.70. The topological polar surface area (TPSA) is 77.1 Å². The molecule has 0 atom stereocenters. The largest absolute Gasteiger partial charge is 0.492 e. The van der Waals surface area contributed by atoms with Crippen LogP contribution >= 0.6 is 0 Å². The van der Waals surface area contributed by atoms with Crippen LogP contribution in [0.5, 0.6) is 5.75 Å². The molecule has 4 heteroatoms. The van der Waals surface area contributed by atoms with Gasteiger partial charge in [0.05, 0.1) is 0 Å². The summed E-state index contributed by atoms with van der Waals surface area (Å²) < 4.78 is 5.50. The van der Waals surface area contributed by atoms with Gasteiger partial charge < -0.3 is 21.2 Å². The number of nitrogens with two attached hydrogens (primary N) is 2. The van der Waals surface area contributed by atoms with Crippen LogP contribution in [-0.4, -0.2) is 24.7 Å². The summed E-state index contributed by atoms with van der Waals surface area (Å²) in [5.74, 6) is 0.857. The lowest BCUT2D eigenvalue weighted by molar-refractivity contribution is 0.329. The van der Waals surface area contributed by atoms with Crippen LogP contribution in [-0.2, 0) is 6.42 Å². The van der Waals surface area contributed by atoms with E-state index in [1.807, 2.05) is 24.4 Å². The molecule has 4 nitrogen and oxygen atoms in total. The van der Waals surface area contributed by atoms with Crippen LogP contribution in [0.3, 0.4) is 0 Å². The van der Waals surface area contributed by atoms with Gasteiger partial charge in [-0.15, -0.1) is 0 Å². The lowest BCUT2D eigenvalue weighted by atomic mass is 10.1. The molecule has 1 aromatic heterocycles. The monoisotopic (exact) mass is 219 g/mol. The zero-order valence-corrected chi connectivity index (χ0v) is 9.20. The van der Waals surface area contributed by atoms with Crippen molar-refractivity contribution in [3.63, 3.8) is 0 Å². The Kier molecular flexibility index (Phi) is 3.44. The maximum absolute atomic E-state index is 5.57. The molecule has 0 aliphatic rings.